The molecule has 0 unspecified atom stereocenters. The quantitative estimate of drug-likeness (QED) is 0.160. The molecule has 0 fully saturated rings. The number of phenolic OH excluding ortho intramolecular Hbond substituents is 4. The number of benzene rings is 2. The van der Waals surface area contributed by atoms with Gasteiger partial charge in [-0.1, -0.05) is 0 Å². The predicted molar refractivity (Wildman–Crippen MR) is 107 cm³/mol. The van der Waals surface area contributed by atoms with Gasteiger partial charge in [-0.3, -0.25) is 9.59 Å². The van der Waals surface area contributed by atoms with E-state index in [9.17, 15) is 39.9 Å². The molecular formula is C20H17NO11. The fraction of sp³-hybridized carbons (Fsp3) is 0.150. The van der Waals surface area contributed by atoms with E-state index in [4.69, 9.17) is 20.0 Å². The van der Waals surface area contributed by atoms with E-state index in [-0.39, 0.29) is 12.0 Å². The van der Waals surface area contributed by atoms with Crippen molar-refractivity contribution in [3.05, 3.63) is 34.5 Å². The van der Waals surface area contributed by atoms with Gasteiger partial charge in [-0.2, -0.15) is 0 Å². The maximum atomic E-state index is 12.7. The minimum Gasteiger partial charge on any atom is -0.507 e. The van der Waals surface area contributed by atoms with Crippen molar-refractivity contribution < 1.29 is 49.4 Å². The first-order valence-corrected chi connectivity index (χ1v) is 8.97. The molecule has 1 atom stereocenters. The van der Waals surface area contributed by atoms with Crippen LogP contribution < -0.4 is 15.9 Å². The van der Waals surface area contributed by atoms with Crippen LogP contribution in [0.25, 0.3) is 22.3 Å². The Morgan fingerprint density at radius 2 is 1.69 bits per heavy atom. The van der Waals surface area contributed by atoms with E-state index in [0.29, 0.717) is 6.07 Å². The van der Waals surface area contributed by atoms with Crippen LogP contribution in [-0.4, -0.2) is 48.6 Å². The molecule has 0 radical (unpaired) electrons. The molecule has 0 aliphatic carbocycles. The number of rotatable bonds is 6. The molecule has 3 rings (SSSR count). The second-order valence-electron chi connectivity index (χ2n) is 6.72. The van der Waals surface area contributed by atoms with Crippen molar-refractivity contribution in [2.75, 3.05) is 0 Å². The lowest BCUT2D eigenvalue weighted by molar-refractivity contribution is -0.138. The zero-order valence-corrected chi connectivity index (χ0v) is 16.1. The molecule has 0 spiro atoms. The lowest BCUT2D eigenvalue weighted by Crippen LogP contribution is -2.34. The molecular weight excluding hydrogens is 430 g/mol. The number of hydrogen-bond donors (Lipinski definition) is 7. The number of carboxylic acid groups (broad SMARTS) is 1. The second kappa shape index (κ2) is 8.35. The number of carbonyl (C=O) groups excluding carboxylic acids is 1. The minimum absolute atomic E-state index is 0.0740. The lowest BCUT2D eigenvalue weighted by atomic mass is 10.1. The molecule has 12 heteroatoms. The summed E-state index contributed by atoms with van der Waals surface area (Å²) in [7, 11) is 0. The topological polar surface area (TPSA) is 221 Å². The highest BCUT2D eigenvalue weighted by molar-refractivity contribution is 5.95. The summed E-state index contributed by atoms with van der Waals surface area (Å²) < 4.78 is 10.5. The SMILES string of the molecule is N[C@@H](CCC(=O)O)C(=O)Oc1c(O)cc(O)c2c(=O)c(O)c(-c3ccc(O)c(O)c3)oc12. The zero-order chi connectivity index (χ0) is 23.7. The predicted octanol–water partition coefficient (Wildman–Crippen LogP) is 1.09. The van der Waals surface area contributed by atoms with Gasteiger partial charge in [-0.05, 0) is 24.6 Å². The first-order valence-electron chi connectivity index (χ1n) is 8.97. The molecule has 2 aromatic carbocycles. The van der Waals surface area contributed by atoms with E-state index in [1.165, 1.54) is 6.07 Å². The van der Waals surface area contributed by atoms with Gasteiger partial charge in [0.1, 0.15) is 17.2 Å². The number of nitrogens with two attached hydrogens (primary N) is 1. The first kappa shape index (κ1) is 22.2. The van der Waals surface area contributed by atoms with E-state index in [2.05, 4.69) is 0 Å². The van der Waals surface area contributed by atoms with E-state index in [1.54, 1.807) is 0 Å². The van der Waals surface area contributed by atoms with Crippen molar-refractivity contribution >= 4 is 22.9 Å². The molecule has 0 saturated heterocycles. The van der Waals surface area contributed by atoms with Gasteiger partial charge in [0.25, 0.3) is 0 Å². The Morgan fingerprint density at radius 3 is 2.31 bits per heavy atom. The normalized spacial score (nSPS) is 11.9. The zero-order valence-electron chi connectivity index (χ0n) is 16.1. The Hall–Kier alpha value is -4.45. The summed E-state index contributed by atoms with van der Waals surface area (Å²) in [6.45, 7) is 0. The van der Waals surface area contributed by atoms with Crippen molar-refractivity contribution in [3.8, 4) is 45.8 Å². The number of fused-ring (bicyclic) bond motifs is 1. The molecule has 0 saturated carbocycles. The Bertz CT molecular complexity index is 1300. The van der Waals surface area contributed by atoms with Crippen LogP contribution in [0.1, 0.15) is 12.8 Å². The van der Waals surface area contributed by atoms with Crippen LogP contribution in [0.4, 0.5) is 0 Å². The van der Waals surface area contributed by atoms with E-state index < -0.39 is 81.1 Å². The molecule has 0 aliphatic rings. The molecule has 1 heterocycles. The Balaban J connectivity index is 2.18. The van der Waals surface area contributed by atoms with E-state index in [0.717, 1.165) is 12.1 Å². The summed E-state index contributed by atoms with van der Waals surface area (Å²) in [6, 6.07) is 2.49. The molecule has 8 N–H and O–H groups in total. The van der Waals surface area contributed by atoms with Crippen molar-refractivity contribution in [2.24, 2.45) is 5.73 Å². The van der Waals surface area contributed by atoms with Gasteiger partial charge in [-0.15, -0.1) is 0 Å². The van der Waals surface area contributed by atoms with Gasteiger partial charge >= 0.3 is 11.9 Å². The van der Waals surface area contributed by atoms with Crippen molar-refractivity contribution in [2.45, 2.75) is 18.9 Å². The Morgan fingerprint density at radius 1 is 1.00 bits per heavy atom. The van der Waals surface area contributed by atoms with Gasteiger partial charge in [-0.25, -0.2) is 4.79 Å². The van der Waals surface area contributed by atoms with Gasteiger partial charge in [0.15, 0.2) is 28.6 Å². The summed E-state index contributed by atoms with van der Waals surface area (Å²) in [4.78, 5) is 35.6. The molecule has 0 amide bonds. The van der Waals surface area contributed by atoms with Crippen molar-refractivity contribution in [1.82, 2.24) is 0 Å². The average molecular weight is 447 g/mol. The molecule has 32 heavy (non-hydrogen) atoms. The molecule has 0 aliphatic heterocycles. The van der Waals surface area contributed by atoms with Gasteiger partial charge in [0.05, 0.1) is 0 Å². The first-order chi connectivity index (χ1) is 15.0. The van der Waals surface area contributed by atoms with Crippen LogP contribution in [0.15, 0.2) is 33.5 Å². The van der Waals surface area contributed by atoms with Crippen LogP contribution in [-0.2, 0) is 9.59 Å². The number of aromatic hydroxyl groups is 5. The highest BCUT2D eigenvalue weighted by Crippen LogP contribution is 2.43. The minimum atomic E-state index is -1.40. The van der Waals surface area contributed by atoms with Crippen LogP contribution >= 0.6 is 0 Å². The van der Waals surface area contributed by atoms with Crippen molar-refractivity contribution in [1.29, 1.82) is 0 Å². The summed E-state index contributed by atoms with van der Waals surface area (Å²) in [6.07, 6.45) is -0.719. The van der Waals surface area contributed by atoms with Crippen LogP contribution in [0.5, 0.6) is 34.5 Å². The van der Waals surface area contributed by atoms with Gasteiger partial charge in [0, 0.05) is 18.1 Å². The number of carbonyl (C=O) groups is 2. The molecule has 168 valence electrons. The third kappa shape index (κ3) is 4.06. The maximum Gasteiger partial charge on any atom is 0.328 e. The lowest BCUT2D eigenvalue weighted by Gasteiger charge is -2.14. The number of carboxylic acids is 1. The fourth-order valence-corrected chi connectivity index (χ4v) is 2.83. The molecule has 12 nitrogen and oxygen atoms in total. The van der Waals surface area contributed by atoms with E-state index in [1.807, 2.05) is 0 Å². The summed E-state index contributed by atoms with van der Waals surface area (Å²) >= 11 is 0. The summed E-state index contributed by atoms with van der Waals surface area (Å²) in [5, 5.41) is 57.7. The fourth-order valence-electron chi connectivity index (χ4n) is 2.83. The average Bonchev–Trinajstić information content (AvgIpc) is 2.72. The van der Waals surface area contributed by atoms with Crippen LogP contribution in [0, 0.1) is 0 Å². The number of hydrogen-bond acceptors (Lipinski definition) is 11. The second-order valence-corrected chi connectivity index (χ2v) is 6.72. The van der Waals surface area contributed by atoms with Crippen molar-refractivity contribution in [3.63, 3.8) is 0 Å². The Kier molecular flexibility index (Phi) is 5.81. The number of esters is 1. The largest absolute Gasteiger partial charge is 0.507 e. The Labute approximate surface area is 178 Å². The maximum absolute atomic E-state index is 12.7. The third-order valence-corrected chi connectivity index (χ3v) is 4.47. The highest BCUT2D eigenvalue weighted by atomic mass is 16.5. The monoisotopic (exact) mass is 447 g/mol. The van der Waals surface area contributed by atoms with Gasteiger partial charge < -0.3 is 45.5 Å². The smallest absolute Gasteiger partial charge is 0.328 e. The summed E-state index contributed by atoms with van der Waals surface area (Å²) in [5.41, 5.74) is 3.73. The standard InChI is InChI=1S/C20H17NO11/c21-8(2-4-13(26)27)20(30)32-18-12(25)6-11(24)14-15(28)16(29)17(31-19(14)18)7-1-3-9(22)10(23)5-7/h1,3,5-6,8,22-25,29H,2,4,21H2,(H,26,27)/t8-/m0/s1. The molecule has 0 bridgehead atoms. The van der Waals surface area contributed by atoms with Crippen LogP contribution in [0.3, 0.4) is 0 Å². The van der Waals surface area contributed by atoms with Crippen LogP contribution in [0.2, 0.25) is 0 Å². The summed E-state index contributed by atoms with van der Waals surface area (Å²) in [5.74, 6) is -7.28. The number of ether oxygens (including phenoxy) is 1. The number of aliphatic carboxylic acids is 1. The number of phenols is 4. The van der Waals surface area contributed by atoms with E-state index >= 15 is 0 Å². The van der Waals surface area contributed by atoms with Gasteiger partial charge in [0.2, 0.25) is 16.9 Å². The molecule has 1 aromatic heterocycles. The highest BCUT2D eigenvalue weighted by Gasteiger charge is 2.27. The molecule has 3 aromatic rings. The third-order valence-electron chi connectivity index (χ3n) is 4.47.